The van der Waals surface area contributed by atoms with Crippen molar-refractivity contribution in [3.05, 3.63) is 76.9 Å². The molecule has 0 unspecified atom stereocenters. The number of hydrogen-bond donors (Lipinski definition) is 0. The number of aromatic nitrogens is 1. The molecule has 0 aliphatic carbocycles. The molecule has 0 bridgehead atoms. The lowest BCUT2D eigenvalue weighted by Gasteiger charge is -2.03. The first-order valence-corrected chi connectivity index (χ1v) is 6.43. The zero-order valence-corrected chi connectivity index (χ0v) is 11.3. The van der Waals surface area contributed by atoms with E-state index >= 15 is 0 Å². The molecule has 0 spiro atoms. The molecule has 0 radical (unpaired) electrons. The van der Waals surface area contributed by atoms with Crippen LogP contribution in [-0.4, -0.2) is 10.2 Å². The van der Waals surface area contributed by atoms with Crippen LogP contribution in [-0.2, 0) is 0 Å². The van der Waals surface area contributed by atoms with Gasteiger partial charge in [-0.1, -0.05) is 6.07 Å². The lowest BCUT2D eigenvalue weighted by atomic mass is 10.0. The van der Waals surface area contributed by atoms with Crippen molar-refractivity contribution in [1.82, 2.24) is 4.40 Å². The summed E-state index contributed by atoms with van der Waals surface area (Å²) in [5, 5.41) is 9.29. The van der Waals surface area contributed by atoms with Gasteiger partial charge in [0.15, 0.2) is 0 Å². The summed E-state index contributed by atoms with van der Waals surface area (Å²) < 4.78 is 14.7. The molecule has 0 atom stereocenters. The van der Waals surface area contributed by atoms with Crippen LogP contribution >= 0.6 is 0 Å². The zero-order valence-electron chi connectivity index (χ0n) is 11.3. The second-order valence-electron chi connectivity index (χ2n) is 4.75. The Labute approximate surface area is 120 Å². The van der Waals surface area contributed by atoms with Crippen LogP contribution in [0.4, 0.5) is 4.39 Å². The van der Waals surface area contributed by atoms with Crippen LogP contribution in [0.2, 0.25) is 0 Å². The van der Waals surface area contributed by atoms with E-state index < -0.39 is 0 Å². The van der Waals surface area contributed by atoms with Gasteiger partial charge in [0, 0.05) is 11.8 Å². The number of ketones is 1. The number of halogens is 1. The minimum Gasteiger partial charge on any atom is -0.312 e. The van der Waals surface area contributed by atoms with Crippen LogP contribution in [0.15, 0.2) is 48.7 Å². The van der Waals surface area contributed by atoms with E-state index in [1.807, 2.05) is 6.07 Å². The quantitative estimate of drug-likeness (QED) is 0.673. The molecule has 0 fully saturated rings. The van der Waals surface area contributed by atoms with E-state index in [2.05, 4.69) is 6.07 Å². The van der Waals surface area contributed by atoms with E-state index in [9.17, 15) is 14.4 Å². The van der Waals surface area contributed by atoms with Gasteiger partial charge in [0.25, 0.3) is 0 Å². The largest absolute Gasteiger partial charge is 0.312 e. The van der Waals surface area contributed by atoms with Crippen LogP contribution in [0.3, 0.4) is 0 Å². The Hall–Kier alpha value is -2.93. The fraction of sp³-hybridized carbons (Fsp3) is 0.0588. The van der Waals surface area contributed by atoms with Gasteiger partial charge in [-0.15, -0.1) is 0 Å². The van der Waals surface area contributed by atoms with E-state index in [4.69, 9.17) is 0 Å². The number of rotatable bonds is 2. The predicted molar refractivity (Wildman–Crippen MR) is 76.7 cm³/mol. The summed E-state index contributed by atoms with van der Waals surface area (Å²) in [5.41, 5.74) is 2.66. The molecule has 0 saturated heterocycles. The molecular formula is C17H11FN2O. The van der Waals surface area contributed by atoms with Crippen LogP contribution in [0.5, 0.6) is 0 Å². The fourth-order valence-corrected chi connectivity index (χ4v) is 2.49. The minimum absolute atomic E-state index is 0.227. The van der Waals surface area contributed by atoms with Gasteiger partial charge in [-0.3, -0.25) is 4.79 Å². The van der Waals surface area contributed by atoms with E-state index in [-0.39, 0.29) is 11.6 Å². The van der Waals surface area contributed by atoms with Crippen molar-refractivity contribution >= 4 is 11.3 Å². The zero-order chi connectivity index (χ0) is 15.0. The highest BCUT2D eigenvalue weighted by molar-refractivity contribution is 6.10. The standard InChI is InChI=1S/C17H11FN2O/c1-11-14(10-19)15-4-2-3-9-20(15)16(11)17(21)12-5-7-13(18)8-6-12/h2-9H,1H3. The third-order valence-corrected chi connectivity index (χ3v) is 3.52. The lowest BCUT2D eigenvalue weighted by molar-refractivity contribution is 0.103. The average molecular weight is 278 g/mol. The highest BCUT2D eigenvalue weighted by atomic mass is 19.1. The first-order valence-electron chi connectivity index (χ1n) is 6.43. The molecule has 3 rings (SSSR count). The summed E-state index contributed by atoms with van der Waals surface area (Å²) in [7, 11) is 0. The molecule has 3 nitrogen and oxygen atoms in total. The van der Waals surface area contributed by atoms with Crippen molar-refractivity contribution in [1.29, 1.82) is 5.26 Å². The summed E-state index contributed by atoms with van der Waals surface area (Å²) in [4.78, 5) is 12.7. The smallest absolute Gasteiger partial charge is 0.210 e. The maximum atomic E-state index is 13.0. The molecule has 1 aromatic carbocycles. The van der Waals surface area contributed by atoms with Gasteiger partial charge >= 0.3 is 0 Å². The average Bonchev–Trinajstić information content (AvgIpc) is 2.78. The van der Waals surface area contributed by atoms with Crippen LogP contribution in [0.25, 0.3) is 5.52 Å². The van der Waals surface area contributed by atoms with Crippen LogP contribution in [0.1, 0.15) is 27.2 Å². The minimum atomic E-state index is -0.388. The van der Waals surface area contributed by atoms with Crippen molar-refractivity contribution < 1.29 is 9.18 Å². The number of nitriles is 1. The Morgan fingerprint density at radius 1 is 1.19 bits per heavy atom. The van der Waals surface area contributed by atoms with Gasteiger partial charge in [0.2, 0.25) is 5.78 Å². The summed E-state index contributed by atoms with van der Waals surface area (Å²) in [6.45, 7) is 1.75. The number of carbonyl (C=O) groups excluding carboxylic acids is 1. The molecule has 0 aliphatic heterocycles. The molecule has 4 heteroatoms. The topological polar surface area (TPSA) is 45.3 Å². The third kappa shape index (κ3) is 2.00. The van der Waals surface area contributed by atoms with Gasteiger partial charge in [-0.25, -0.2) is 4.39 Å². The van der Waals surface area contributed by atoms with E-state index in [1.54, 1.807) is 29.7 Å². The highest BCUT2D eigenvalue weighted by Gasteiger charge is 2.21. The molecule has 21 heavy (non-hydrogen) atoms. The third-order valence-electron chi connectivity index (χ3n) is 3.52. The van der Waals surface area contributed by atoms with Crippen LogP contribution < -0.4 is 0 Å². The normalized spacial score (nSPS) is 10.5. The number of carbonyl (C=O) groups is 1. The van der Waals surface area contributed by atoms with Crippen molar-refractivity contribution in [3.8, 4) is 6.07 Å². The molecule has 0 N–H and O–H groups in total. The number of fused-ring (bicyclic) bond motifs is 1. The summed E-state index contributed by atoms with van der Waals surface area (Å²) in [6, 6.07) is 13.0. The lowest BCUT2D eigenvalue weighted by Crippen LogP contribution is -2.06. The Bertz CT molecular complexity index is 886. The first kappa shape index (κ1) is 13.1. The molecule has 2 aromatic heterocycles. The van der Waals surface area contributed by atoms with Gasteiger partial charge in [0.1, 0.15) is 11.9 Å². The maximum absolute atomic E-state index is 13.0. The number of benzene rings is 1. The monoisotopic (exact) mass is 278 g/mol. The summed E-state index contributed by atoms with van der Waals surface area (Å²) >= 11 is 0. The first-order chi connectivity index (χ1) is 10.1. The van der Waals surface area contributed by atoms with Crippen molar-refractivity contribution in [3.63, 3.8) is 0 Å². The molecule has 2 heterocycles. The SMILES string of the molecule is Cc1c(C#N)c2ccccn2c1C(=O)c1ccc(F)cc1. The Morgan fingerprint density at radius 2 is 1.90 bits per heavy atom. The maximum Gasteiger partial charge on any atom is 0.210 e. The van der Waals surface area contributed by atoms with E-state index in [0.29, 0.717) is 27.9 Å². The Balaban J connectivity index is 2.25. The molecule has 102 valence electrons. The number of pyridine rings is 1. The Morgan fingerprint density at radius 3 is 2.57 bits per heavy atom. The second kappa shape index (κ2) is 4.88. The van der Waals surface area contributed by atoms with Gasteiger partial charge in [0.05, 0.1) is 16.8 Å². The van der Waals surface area contributed by atoms with E-state index in [0.717, 1.165) is 0 Å². The van der Waals surface area contributed by atoms with Gasteiger partial charge in [-0.05, 0) is 48.9 Å². The number of hydrogen-bond acceptors (Lipinski definition) is 2. The fourth-order valence-electron chi connectivity index (χ4n) is 2.49. The molecule has 3 aromatic rings. The molecule has 0 amide bonds. The van der Waals surface area contributed by atoms with Gasteiger partial charge < -0.3 is 4.40 Å². The Kier molecular flexibility index (Phi) is 3.03. The van der Waals surface area contributed by atoms with Crippen LogP contribution in [0, 0.1) is 24.1 Å². The molecule has 0 aliphatic rings. The van der Waals surface area contributed by atoms with Crippen molar-refractivity contribution in [2.45, 2.75) is 6.92 Å². The highest BCUT2D eigenvalue weighted by Crippen LogP contribution is 2.24. The van der Waals surface area contributed by atoms with Crippen molar-refractivity contribution in [2.24, 2.45) is 0 Å². The van der Waals surface area contributed by atoms with E-state index in [1.165, 1.54) is 24.3 Å². The molecule has 0 saturated carbocycles. The van der Waals surface area contributed by atoms with Crippen molar-refractivity contribution in [2.75, 3.05) is 0 Å². The summed E-state index contributed by atoms with van der Waals surface area (Å²) in [6.07, 6.45) is 1.75. The number of nitrogens with zero attached hydrogens (tertiary/aromatic N) is 2. The predicted octanol–water partition coefficient (Wildman–Crippen LogP) is 3.49. The van der Waals surface area contributed by atoms with Gasteiger partial charge in [-0.2, -0.15) is 5.26 Å². The second-order valence-corrected chi connectivity index (χ2v) is 4.75. The molecular weight excluding hydrogens is 267 g/mol. The summed E-state index contributed by atoms with van der Waals surface area (Å²) in [5.74, 6) is -0.615.